The summed E-state index contributed by atoms with van der Waals surface area (Å²) in [4.78, 5) is 14.5. The smallest absolute Gasteiger partial charge is 0.276 e. The molecule has 0 spiro atoms. The van der Waals surface area contributed by atoms with E-state index < -0.39 is 0 Å². The molecule has 2 N–H and O–H groups in total. The first kappa shape index (κ1) is 21.8. The van der Waals surface area contributed by atoms with Gasteiger partial charge in [-0.15, -0.1) is 12.4 Å². The van der Waals surface area contributed by atoms with Crippen molar-refractivity contribution < 1.29 is 14.1 Å². The summed E-state index contributed by atoms with van der Waals surface area (Å²) >= 11 is 12.1. The maximum absolute atomic E-state index is 12.7. The summed E-state index contributed by atoms with van der Waals surface area (Å²) in [6, 6.07) is 6.71. The lowest BCUT2D eigenvalue weighted by Crippen LogP contribution is -2.49. The molecule has 1 aliphatic rings. The SMILES string of the molecule is CC1CCN(C(=O)c2cc(COc3c(Cl)cccc3Cl)on2)C(CN)C1.Cl. The largest absolute Gasteiger partial charge is 0.482 e. The van der Waals surface area contributed by atoms with Crippen LogP contribution >= 0.6 is 35.6 Å². The highest BCUT2D eigenvalue weighted by Gasteiger charge is 2.31. The normalized spacial score (nSPS) is 19.5. The van der Waals surface area contributed by atoms with Crippen LogP contribution in [0.5, 0.6) is 5.75 Å². The number of nitrogens with zero attached hydrogens (tertiary/aromatic N) is 2. The number of halogens is 3. The van der Waals surface area contributed by atoms with Crippen molar-refractivity contribution in [3.05, 3.63) is 45.8 Å². The fourth-order valence-corrected chi connectivity index (χ4v) is 3.64. The first-order valence-corrected chi connectivity index (χ1v) is 9.28. The number of rotatable bonds is 5. The van der Waals surface area contributed by atoms with Gasteiger partial charge >= 0.3 is 0 Å². The van der Waals surface area contributed by atoms with E-state index in [1.54, 1.807) is 29.2 Å². The number of hydrogen-bond donors (Lipinski definition) is 1. The number of carbonyl (C=O) groups is 1. The van der Waals surface area contributed by atoms with Crippen LogP contribution in [0.1, 0.15) is 36.0 Å². The molecule has 1 aromatic carbocycles. The quantitative estimate of drug-likeness (QED) is 0.763. The van der Waals surface area contributed by atoms with Crippen molar-refractivity contribution in [2.24, 2.45) is 11.7 Å². The van der Waals surface area contributed by atoms with Crippen LogP contribution in [-0.4, -0.2) is 35.1 Å². The second-order valence-electron chi connectivity index (χ2n) is 6.54. The lowest BCUT2D eigenvalue weighted by molar-refractivity contribution is 0.0563. The zero-order valence-corrected chi connectivity index (χ0v) is 17.2. The Balaban J connectivity index is 0.00000261. The van der Waals surface area contributed by atoms with E-state index in [1.165, 1.54) is 0 Å². The van der Waals surface area contributed by atoms with Crippen molar-refractivity contribution in [2.45, 2.75) is 32.4 Å². The Kier molecular flexibility index (Phi) is 7.79. The first-order chi connectivity index (χ1) is 12.5. The summed E-state index contributed by atoms with van der Waals surface area (Å²) < 4.78 is 10.8. The van der Waals surface area contributed by atoms with E-state index in [2.05, 4.69) is 12.1 Å². The number of carbonyl (C=O) groups excluding carboxylic acids is 1. The number of hydrogen-bond acceptors (Lipinski definition) is 5. The van der Waals surface area contributed by atoms with Gasteiger partial charge < -0.3 is 19.9 Å². The molecule has 1 saturated heterocycles. The Morgan fingerprint density at radius 1 is 1.41 bits per heavy atom. The van der Waals surface area contributed by atoms with Gasteiger partial charge in [-0.05, 0) is 30.9 Å². The minimum absolute atomic E-state index is 0. The molecule has 9 heteroatoms. The molecule has 27 heavy (non-hydrogen) atoms. The third-order valence-electron chi connectivity index (χ3n) is 4.57. The predicted octanol–water partition coefficient (Wildman–Crippen LogP) is 4.18. The van der Waals surface area contributed by atoms with Crippen molar-refractivity contribution in [2.75, 3.05) is 13.1 Å². The number of piperidine rings is 1. The molecule has 2 atom stereocenters. The molecule has 1 amide bonds. The Hall–Kier alpha value is -1.47. The van der Waals surface area contributed by atoms with Crippen molar-refractivity contribution in [1.82, 2.24) is 10.1 Å². The van der Waals surface area contributed by atoms with E-state index in [-0.39, 0.29) is 36.7 Å². The molecular weight excluding hydrogens is 413 g/mol. The van der Waals surface area contributed by atoms with Gasteiger partial charge in [0.15, 0.2) is 17.2 Å². The van der Waals surface area contributed by atoms with E-state index in [4.69, 9.17) is 38.2 Å². The van der Waals surface area contributed by atoms with Crippen molar-refractivity contribution in [3.8, 4) is 5.75 Å². The highest BCUT2D eigenvalue weighted by atomic mass is 35.5. The monoisotopic (exact) mass is 433 g/mol. The molecule has 0 saturated carbocycles. The van der Waals surface area contributed by atoms with Crippen molar-refractivity contribution in [1.29, 1.82) is 0 Å². The van der Waals surface area contributed by atoms with Gasteiger partial charge in [-0.3, -0.25) is 4.79 Å². The minimum atomic E-state index is -0.168. The Morgan fingerprint density at radius 2 is 2.11 bits per heavy atom. The predicted molar refractivity (Wildman–Crippen MR) is 107 cm³/mol. The molecule has 0 aliphatic carbocycles. The highest BCUT2D eigenvalue weighted by Crippen LogP contribution is 2.33. The highest BCUT2D eigenvalue weighted by molar-refractivity contribution is 6.37. The number of para-hydroxylation sites is 1. The summed E-state index contributed by atoms with van der Waals surface area (Å²) in [5, 5.41) is 4.69. The fraction of sp³-hybridized carbons (Fsp3) is 0.444. The summed E-state index contributed by atoms with van der Waals surface area (Å²) in [6.07, 6.45) is 1.86. The average Bonchev–Trinajstić information content (AvgIpc) is 3.09. The summed E-state index contributed by atoms with van der Waals surface area (Å²) in [7, 11) is 0. The maximum atomic E-state index is 12.7. The molecule has 1 aliphatic heterocycles. The van der Waals surface area contributed by atoms with E-state index in [1.807, 2.05) is 0 Å². The molecular formula is C18H22Cl3N3O3. The third-order valence-corrected chi connectivity index (χ3v) is 5.16. The average molecular weight is 435 g/mol. The van der Waals surface area contributed by atoms with Crippen LogP contribution in [0.2, 0.25) is 10.0 Å². The van der Waals surface area contributed by atoms with Gasteiger partial charge in [-0.2, -0.15) is 0 Å². The summed E-state index contributed by atoms with van der Waals surface area (Å²) in [5.74, 6) is 1.18. The Labute approximate surface area is 174 Å². The lowest BCUT2D eigenvalue weighted by Gasteiger charge is -2.37. The summed E-state index contributed by atoms with van der Waals surface area (Å²) in [5.41, 5.74) is 6.09. The van der Waals surface area contributed by atoms with Gasteiger partial charge in [0.2, 0.25) is 0 Å². The molecule has 2 heterocycles. The summed E-state index contributed by atoms with van der Waals surface area (Å²) in [6.45, 7) is 3.36. The van der Waals surface area contributed by atoms with Crippen LogP contribution in [0.4, 0.5) is 0 Å². The van der Waals surface area contributed by atoms with Gasteiger partial charge in [0.1, 0.15) is 6.61 Å². The van der Waals surface area contributed by atoms with Crippen LogP contribution in [0, 0.1) is 5.92 Å². The van der Waals surface area contributed by atoms with Crippen molar-refractivity contribution >= 4 is 41.5 Å². The van der Waals surface area contributed by atoms with Gasteiger partial charge in [0.05, 0.1) is 10.0 Å². The van der Waals surface area contributed by atoms with Gasteiger partial charge in [0, 0.05) is 25.2 Å². The number of ether oxygens (including phenoxy) is 1. The topological polar surface area (TPSA) is 81.6 Å². The van der Waals surface area contributed by atoms with E-state index in [9.17, 15) is 4.79 Å². The van der Waals surface area contributed by atoms with E-state index in [0.29, 0.717) is 40.6 Å². The first-order valence-electron chi connectivity index (χ1n) is 8.53. The molecule has 148 valence electrons. The maximum Gasteiger partial charge on any atom is 0.276 e. The standard InChI is InChI=1S/C18H21Cl2N3O3.ClH/c1-11-5-6-23(12(7-11)9-21)18(24)16-8-13(26-22-16)10-25-17-14(19)3-2-4-15(17)20;/h2-4,8,11-12H,5-7,9-10,21H2,1H3;1H. The van der Waals surface area contributed by atoms with Gasteiger partial charge in [-0.25, -0.2) is 0 Å². The minimum Gasteiger partial charge on any atom is -0.482 e. The zero-order chi connectivity index (χ0) is 18.7. The second kappa shape index (κ2) is 9.64. The number of aromatic nitrogens is 1. The number of benzene rings is 1. The fourth-order valence-electron chi connectivity index (χ4n) is 3.14. The molecule has 6 nitrogen and oxygen atoms in total. The van der Waals surface area contributed by atoms with Gasteiger partial charge in [0.25, 0.3) is 5.91 Å². The van der Waals surface area contributed by atoms with E-state index in [0.717, 1.165) is 12.8 Å². The van der Waals surface area contributed by atoms with Crippen LogP contribution in [0.25, 0.3) is 0 Å². The van der Waals surface area contributed by atoms with Crippen LogP contribution in [0.15, 0.2) is 28.8 Å². The zero-order valence-electron chi connectivity index (χ0n) is 14.9. The molecule has 2 aromatic rings. The van der Waals surface area contributed by atoms with E-state index >= 15 is 0 Å². The van der Waals surface area contributed by atoms with Gasteiger partial charge in [-0.1, -0.05) is 41.3 Å². The molecule has 1 aromatic heterocycles. The van der Waals surface area contributed by atoms with Crippen molar-refractivity contribution in [3.63, 3.8) is 0 Å². The van der Waals surface area contributed by atoms with Crippen LogP contribution in [0.3, 0.4) is 0 Å². The molecule has 3 rings (SSSR count). The number of amides is 1. The Morgan fingerprint density at radius 3 is 2.78 bits per heavy atom. The molecule has 0 bridgehead atoms. The van der Waals surface area contributed by atoms with Crippen LogP contribution in [-0.2, 0) is 6.61 Å². The molecule has 1 fully saturated rings. The second-order valence-corrected chi connectivity index (χ2v) is 7.35. The van der Waals surface area contributed by atoms with Crippen LogP contribution < -0.4 is 10.5 Å². The number of nitrogens with two attached hydrogens (primary N) is 1. The lowest BCUT2D eigenvalue weighted by atomic mass is 9.92. The number of likely N-dealkylation sites (tertiary alicyclic amines) is 1. The third kappa shape index (κ3) is 5.08. The molecule has 0 radical (unpaired) electrons. The Bertz CT molecular complexity index is 764. The molecule has 2 unspecified atom stereocenters.